The van der Waals surface area contributed by atoms with Gasteiger partial charge in [-0.1, -0.05) is 0 Å². The molecule has 1 unspecified atom stereocenters. The zero-order chi connectivity index (χ0) is 13.1. The van der Waals surface area contributed by atoms with Crippen molar-refractivity contribution in [2.24, 2.45) is 0 Å². The molecule has 0 aromatic heterocycles. The Kier molecular flexibility index (Phi) is 3.57. The molecule has 6 heteroatoms. The number of hydrogen-bond donors (Lipinski definition) is 1. The Morgan fingerprint density at radius 3 is 2.72 bits per heavy atom. The topological polar surface area (TPSA) is 74.2 Å². The zero-order valence-corrected chi connectivity index (χ0v) is 10.1. The average molecular weight is 254 g/mol. The van der Waals surface area contributed by atoms with Gasteiger partial charge < -0.3 is 24.1 Å². The summed E-state index contributed by atoms with van der Waals surface area (Å²) in [5.41, 5.74) is 0.292. The monoisotopic (exact) mass is 254 g/mol. The molecule has 1 N–H and O–H groups in total. The van der Waals surface area contributed by atoms with Crippen molar-refractivity contribution >= 4 is 5.97 Å². The fourth-order valence-corrected chi connectivity index (χ4v) is 1.68. The molecule has 1 aromatic rings. The second-order valence-corrected chi connectivity index (χ2v) is 3.60. The van der Waals surface area contributed by atoms with Crippen LogP contribution in [-0.2, 0) is 9.53 Å². The van der Waals surface area contributed by atoms with E-state index in [9.17, 15) is 9.90 Å². The molecule has 1 heterocycles. The summed E-state index contributed by atoms with van der Waals surface area (Å²) in [5, 5.41) is 9.91. The highest BCUT2D eigenvalue weighted by Gasteiger charge is 2.26. The Bertz CT molecular complexity index is 456. The van der Waals surface area contributed by atoms with E-state index in [4.69, 9.17) is 18.9 Å². The maximum Gasteiger partial charge on any atom is 0.339 e. The van der Waals surface area contributed by atoms with Crippen LogP contribution in [0.15, 0.2) is 12.1 Å². The van der Waals surface area contributed by atoms with Gasteiger partial charge in [-0.25, -0.2) is 4.79 Å². The third-order valence-electron chi connectivity index (χ3n) is 2.53. The van der Waals surface area contributed by atoms with Gasteiger partial charge in [0, 0.05) is 11.6 Å². The molecule has 0 fully saturated rings. The smallest absolute Gasteiger partial charge is 0.339 e. The number of methoxy groups -OCH3 is 1. The lowest BCUT2D eigenvalue weighted by Crippen LogP contribution is -2.16. The molecule has 0 saturated heterocycles. The lowest BCUT2D eigenvalue weighted by Gasteiger charge is -2.14. The van der Waals surface area contributed by atoms with E-state index in [0.717, 1.165) is 0 Å². The lowest BCUT2D eigenvalue weighted by atomic mass is 10.1. The van der Waals surface area contributed by atoms with E-state index in [1.54, 1.807) is 13.0 Å². The predicted molar refractivity (Wildman–Crippen MR) is 60.7 cm³/mol. The summed E-state index contributed by atoms with van der Waals surface area (Å²) < 4.78 is 20.2. The van der Waals surface area contributed by atoms with Gasteiger partial charge in [0.25, 0.3) is 0 Å². The van der Waals surface area contributed by atoms with E-state index in [2.05, 4.69) is 0 Å². The largest absolute Gasteiger partial charge is 0.496 e. The molecule has 0 bridgehead atoms. The minimum absolute atomic E-state index is 0.109. The van der Waals surface area contributed by atoms with Crippen LogP contribution in [0.2, 0.25) is 0 Å². The Morgan fingerprint density at radius 1 is 1.44 bits per heavy atom. The second-order valence-electron chi connectivity index (χ2n) is 3.60. The van der Waals surface area contributed by atoms with Crippen molar-refractivity contribution in [1.29, 1.82) is 0 Å². The number of carbonyl (C=O) groups excluding carboxylic acids is 1. The summed E-state index contributed by atoms with van der Waals surface area (Å²) in [6.45, 7) is 1.97. The fourth-order valence-electron chi connectivity index (χ4n) is 1.68. The van der Waals surface area contributed by atoms with E-state index in [-0.39, 0.29) is 13.4 Å². The molecule has 2 rings (SSSR count). The van der Waals surface area contributed by atoms with E-state index in [0.29, 0.717) is 22.8 Å². The Morgan fingerprint density at radius 2 is 2.11 bits per heavy atom. The molecule has 6 nitrogen and oxygen atoms in total. The van der Waals surface area contributed by atoms with Crippen LogP contribution in [-0.4, -0.2) is 31.6 Å². The van der Waals surface area contributed by atoms with Crippen LogP contribution < -0.4 is 14.2 Å². The zero-order valence-electron chi connectivity index (χ0n) is 10.1. The highest BCUT2D eigenvalue weighted by molar-refractivity contribution is 5.78. The highest BCUT2D eigenvalue weighted by Crippen LogP contribution is 2.40. The van der Waals surface area contributed by atoms with Gasteiger partial charge in [-0.3, -0.25) is 0 Å². The molecule has 0 amide bonds. The molecule has 1 aromatic carbocycles. The summed E-state index contributed by atoms with van der Waals surface area (Å²) in [7, 11) is 1.44. The normalized spacial score (nSPS) is 14.2. The number of fused-ring (bicyclic) bond motifs is 1. The number of aliphatic hydroxyl groups excluding tert-OH is 1. The number of benzene rings is 1. The standard InChI is InChI=1S/C12H14O6/c1-3-16-12(14)11(13)7-4-9-10(18-6-17-9)5-8(7)15-2/h4-5,11,13H,3,6H2,1-2H3. The summed E-state index contributed by atoms with van der Waals surface area (Å²) in [4.78, 5) is 11.5. The van der Waals surface area contributed by atoms with Gasteiger partial charge in [0.1, 0.15) is 5.75 Å². The van der Waals surface area contributed by atoms with Crippen LogP contribution >= 0.6 is 0 Å². The Hall–Kier alpha value is -1.95. The molecule has 1 aliphatic heterocycles. The van der Waals surface area contributed by atoms with Crippen molar-refractivity contribution in [3.05, 3.63) is 17.7 Å². The van der Waals surface area contributed by atoms with Gasteiger partial charge >= 0.3 is 5.97 Å². The Labute approximate surface area is 104 Å². The van der Waals surface area contributed by atoms with Gasteiger partial charge in [0.05, 0.1) is 13.7 Å². The molecule has 0 saturated carbocycles. The van der Waals surface area contributed by atoms with Gasteiger partial charge in [0.2, 0.25) is 6.79 Å². The Balaban J connectivity index is 2.34. The second kappa shape index (κ2) is 5.14. The molecular formula is C12H14O6. The number of aliphatic hydroxyl groups is 1. The predicted octanol–water partition coefficient (Wildman–Crippen LogP) is 1.02. The highest BCUT2D eigenvalue weighted by atomic mass is 16.7. The molecule has 1 aliphatic rings. The third-order valence-corrected chi connectivity index (χ3v) is 2.53. The molecule has 0 aliphatic carbocycles. The molecular weight excluding hydrogens is 240 g/mol. The van der Waals surface area contributed by atoms with Crippen LogP contribution in [0, 0.1) is 0 Å². The van der Waals surface area contributed by atoms with Crippen molar-refractivity contribution in [2.45, 2.75) is 13.0 Å². The number of hydrogen-bond acceptors (Lipinski definition) is 6. The SMILES string of the molecule is CCOC(=O)C(O)c1cc2c(cc1OC)OCO2. The van der Waals surface area contributed by atoms with Crippen molar-refractivity contribution in [3.63, 3.8) is 0 Å². The summed E-state index contributed by atoms with van der Waals surface area (Å²) in [5.74, 6) is 0.607. The number of carbonyl (C=O) groups is 1. The van der Waals surface area contributed by atoms with Crippen molar-refractivity contribution in [1.82, 2.24) is 0 Å². The first-order valence-corrected chi connectivity index (χ1v) is 5.49. The van der Waals surface area contributed by atoms with E-state index < -0.39 is 12.1 Å². The van der Waals surface area contributed by atoms with Gasteiger partial charge in [0.15, 0.2) is 17.6 Å². The summed E-state index contributed by atoms with van der Waals surface area (Å²) >= 11 is 0. The number of rotatable bonds is 4. The fraction of sp³-hybridized carbons (Fsp3) is 0.417. The summed E-state index contributed by atoms with van der Waals surface area (Å²) in [6.07, 6.45) is -1.41. The van der Waals surface area contributed by atoms with Gasteiger partial charge in [-0.05, 0) is 13.0 Å². The van der Waals surface area contributed by atoms with E-state index in [1.165, 1.54) is 13.2 Å². The van der Waals surface area contributed by atoms with E-state index >= 15 is 0 Å². The number of esters is 1. The quantitative estimate of drug-likeness (QED) is 0.809. The molecule has 98 valence electrons. The van der Waals surface area contributed by atoms with Crippen LogP contribution in [0.25, 0.3) is 0 Å². The lowest BCUT2D eigenvalue weighted by molar-refractivity contribution is -0.153. The maximum absolute atomic E-state index is 11.5. The summed E-state index contributed by atoms with van der Waals surface area (Å²) in [6, 6.07) is 3.09. The molecule has 1 atom stereocenters. The van der Waals surface area contributed by atoms with Crippen molar-refractivity contribution < 1.29 is 28.8 Å². The minimum Gasteiger partial charge on any atom is -0.496 e. The molecule has 18 heavy (non-hydrogen) atoms. The first-order valence-electron chi connectivity index (χ1n) is 5.49. The third kappa shape index (κ3) is 2.19. The van der Waals surface area contributed by atoms with Crippen LogP contribution in [0.3, 0.4) is 0 Å². The van der Waals surface area contributed by atoms with Gasteiger partial charge in [-0.15, -0.1) is 0 Å². The average Bonchev–Trinajstić information content (AvgIpc) is 2.83. The van der Waals surface area contributed by atoms with Crippen LogP contribution in [0.5, 0.6) is 17.2 Å². The van der Waals surface area contributed by atoms with E-state index in [1.807, 2.05) is 0 Å². The van der Waals surface area contributed by atoms with Crippen LogP contribution in [0.4, 0.5) is 0 Å². The first kappa shape index (κ1) is 12.5. The minimum atomic E-state index is -1.41. The van der Waals surface area contributed by atoms with Crippen molar-refractivity contribution in [3.8, 4) is 17.2 Å². The van der Waals surface area contributed by atoms with Crippen LogP contribution in [0.1, 0.15) is 18.6 Å². The molecule has 0 spiro atoms. The first-order chi connectivity index (χ1) is 8.67. The van der Waals surface area contributed by atoms with Crippen molar-refractivity contribution in [2.75, 3.05) is 20.5 Å². The number of ether oxygens (including phenoxy) is 4. The maximum atomic E-state index is 11.5. The molecule has 0 radical (unpaired) electrons. The van der Waals surface area contributed by atoms with Gasteiger partial charge in [-0.2, -0.15) is 0 Å².